The molecular formula is C14H18O. The highest BCUT2D eigenvalue weighted by atomic mass is 16.5. The molecule has 0 saturated heterocycles. The van der Waals surface area contributed by atoms with Crippen LogP contribution in [0.3, 0.4) is 0 Å². The van der Waals surface area contributed by atoms with E-state index < -0.39 is 0 Å². The first-order valence-corrected chi connectivity index (χ1v) is 5.51. The Hall–Kier alpha value is -1.24. The normalized spacial score (nSPS) is 18.1. The molecule has 1 aromatic carbocycles. The zero-order chi connectivity index (χ0) is 11.1. The van der Waals surface area contributed by atoms with Crippen molar-refractivity contribution in [2.45, 2.75) is 33.1 Å². The van der Waals surface area contributed by atoms with Gasteiger partial charge in [-0.05, 0) is 12.1 Å². The minimum absolute atomic E-state index is 0.0778. The van der Waals surface area contributed by atoms with Gasteiger partial charge in [-0.25, -0.2) is 0 Å². The standard InChI is InChI=1S/C14H18O/c1-10(2)13-9-14(3,4)11-7-5-6-8-12(11)15-13/h5-10H,1-4H3. The second kappa shape index (κ2) is 3.41. The van der Waals surface area contributed by atoms with Crippen LogP contribution in [0.1, 0.15) is 33.3 Å². The van der Waals surface area contributed by atoms with Gasteiger partial charge >= 0.3 is 0 Å². The van der Waals surface area contributed by atoms with Gasteiger partial charge < -0.3 is 4.74 Å². The van der Waals surface area contributed by atoms with Gasteiger partial charge in [-0.2, -0.15) is 0 Å². The quantitative estimate of drug-likeness (QED) is 0.671. The van der Waals surface area contributed by atoms with Gasteiger partial charge in [0.05, 0.1) is 0 Å². The monoisotopic (exact) mass is 202 g/mol. The second-order valence-corrected chi connectivity index (χ2v) is 5.02. The number of fused-ring (bicyclic) bond motifs is 1. The lowest BCUT2D eigenvalue weighted by atomic mass is 9.81. The summed E-state index contributed by atoms with van der Waals surface area (Å²) in [4.78, 5) is 0. The van der Waals surface area contributed by atoms with Crippen molar-refractivity contribution < 1.29 is 4.74 Å². The highest BCUT2D eigenvalue weighted by Gasteiger charge is 2.28. The number of hydrogen-bond donors (Lipinski definition) is 0. The fourth-order valence-electron chi connectivity index (χ4n) is 1.96. The van der Waals surface area contributed by atoms with E-state index in [1.54, 1.807) is 0 Å². The van der Waals surface area contributed by atoms with Crippen molar-refractivity contribution in [2.24, 2.45) is 5.92 Å². The molecule has 1 aliphatic heterocycles. The lowest BCUT2D eigenvalue weighted by molar-refractivity contribution is 0.334. The summed E-state index contributed by atoms with van der Waals surface area (Å²) in [6, 6.07) is 8.28. The molecule has 0 bridgehead atoms. The first kappa shape index (κ1) is 10.3. The van der Waals surface area contributed by atoms with Crippen LogP contribution in [-0.2, 0) is 5.41 Å². The molecule has 0 N–H and O–H groups in total. The van der Waals surface area contributed by atoms with E-state index in [-0.39, 0.29) is 5.41 Å². The van der Waals surface area contributed by atoms with E-state index >= 15 is 0 Å². The van der Waals surface area contributed by atoms with E-state index in [1.165, 1.54) is 5.56 Å². The van der Waals surface area contributed by atoms with Crippen molar-refractivity contribution in [1.29, 1.82) is 0 Å². The zero-order valence-electron chi connectivity index (χ0n) is 9.87. The van der Waals surface area contributed by atoms with Crippen LogP contribution in [0.15, 0.2) is 36.1 Å². The third-order valence-corrected chi connectivity index (χ3v) is 2.88. The van der Waals surface area contributed by atoms with Crippen LogP contribution in [-0.4, -0.2) is 0 Å². The average molecular weight is 202 g/mol. The molecule has 80 valence electrons. The summed E-state index contributed by atoms with van der Waals surface area (Å²) >= 11 is 0. The molecule has 0 amide bonds. The summed E-state index contributed by atoms with van der Waals surface area (Å²) < 4.78 is 5.89. The first-order valence-electron chi connectivity index (χ1n) is 5.51. The van der Waals surface area contributed by atoms with Crippen LogP contribution in [0.4, 0.5) is 0 Å². The molecule has 0 unspecified atom stereocenters. The molecule has 1 nitrogen and oxygen atoms in total. The Morgan fingerprint density at radius 3 is 2.47 bits per heavy atom. The first-order chi connectivity index (χ1) is 7.00. The van der Waals surface area contributed by atoms with Gasteiger partial charge in [-0.15, -0.1) is 0 Å². The van der Waals surface area contributed by atoms with Crippen molar-refractivity contribution in [3.63, 3.8) is 0 Å². The molecular weight excluding hydrogens is 184 g/mol. The van der Waals surface area contributed by atoms with Gasteiger partial charge in [0.1, 0.15) is 11.5 Å². The number of rotatable bonds is 1. The van der Waals surface area contributed by atoms with Gasteiger partial charge in [0.2, 0.25) is 0 Å². The Morgan fingerprint density at radius 2 is 1.80 bits per heavy atom. The van der Waals surface area contributed by atoms with Crippen LogP contribution < -0.4 is 4.74 Å². The van der Waals surface area contributed by atoms with E-state index in [2.05, 4.69) is 45.9 Å². The molecule has 0 fully saturated rings. The molecule has 1 heteroatoms. The Kier molecular flexibility index (Phi) is 2.34. The van der Waals surface area contributed by atoms with Gasteiger partial charge in [-0.1, -0.05) is 45.9 Å². The third-order valence-electron chi connectivity index (χ3n) is 2.88. The predicted molar refractivity (Wildman–Crippen MR) is 63.0 cm³/mol. The highest BCUT2D eigenvalue weighted by molar-refractivity contribution is 5.45. The summed E-state index contributed by atoms with van der Waals surface area (Å²) in [6.45, 7) is 8.79. The number of ether oxygens (including phenoxy) is 1. The molecule has 0 aromatic heterocycles. The lowest BCUT2D eigenvalue weighted by Gasteiger charge is -2.31. The topological polar surface area (TPSA) is 9.23 Å². The molecule has 0 aliphatic carbocycles. The molecule has 2 rings (SSSR count). The van der Waals surface area contributed by atoms with E-state index in [0.717, 1.165) is 11.5 Å². The van der Waals surface area contributed by atoms with Crippen molar-refractivity contribution in [3.05, 3.63) is 41.7 Å². The van der Waals surface area contributed by atoms with Crippen molar-refractivity contribution in [2.75, 3.05) is 0 Å². The van der Waals surface area contributed by atoms with E-state index in [0.29, 0.717) is 5.92 Å². The minimum atomic E-state index is 0.0778. The SMILES string of the molecule is CC(C)C1=CC(C)(C)c2ccccc2O1. The Morgan fingerprint density at radius 1 is 1.13 bits per heavy atom. The predicted octanol–water partition coefficient (Wildman–Crippen LogP) is 3.90. The fourth-order valence-corrected chi connectivity index (χ4v) is 1.96. The zero-order valence-corrected chi connectivity index (χ0v) is 9.87. The van der Waals surface area contributed by atoms with Crippen LogP contribution >= 0.6 is 0 Å². The minimum Gasteiger partial charge on any atom is -0.461 e. The number of para-hydroxylation sites is 1. The van der Waals surface area contributed by atoms with E-state index in [1.807, 2.05) is 12.1 Å². The number of benzene rings is 1. The average Bonchev–Trinajstić information content (AvgIpc) is 2.16. The maximum Gasteiger partial charge on any atom is 0.130 e. The molecule has 0 atom stereocenters. The maximum atomic E-state index is 5.89. The largest absolute Gasteiger partial charge is 0.461 e. The fraction of sp³-hybridized carbons (Fsp3) is 0.429. The summed E-state index contributed by atoms with van der Waals surface area (Å²) in [5.74, 6) is 2.53. The van der Waals surface area contributed by atoms with Gasteiger partial charge in [0, 0.05) is 16.9 Å². The van der Waals surface area contributed by atoms with Gasteiger partial charge in [0.15, 0.2) is 0 Å². The van der Waals surface area contributed by atoms with Crippen LogP contribution in [0.5, 0.6) is 5.75 Å². The molecule has 1 aromatic rings. The summed E-state index contributed by atoms with van der Waals surface area (Å²) in [5.41, 5.74) is 1.35. The Bertz CT molecular complexity index is 400. The lowest BCUT2D eigenvalue weighted by Crippen LogP contribution is -2.23. The van der Waals surface area contributed by atoms with Crippen molar-refractivity contribution >= 4 is 0 Å². The third kappa shape index (κ3) is 1.79. The smallest absolute Gasteiger partial charge is 0.130 e. The summed E-state index contributed by atoms with van der Waals surface area (Å²) in [6.07, 6.45) is 2.24. The number of hydrogen-bond acceptors (Lipinski definition) is 1. The second-order valence-electron chi connectivity index (χ2n) is 5.02. The molecule has 0 saturated carbocycles. The molecule has 1 heterocycles. The Balaban J connectivity index is 2.49. The number of allylic oxidation sites excluding steroid dienone is 2. The maximum absolute atomic E-state index is 5.89. The van der Waals surface area contributed by atoms with E-state index in [9.17, 15) is 0 Å². The van der Waals surface area contributed by atoms with Crippen molar-refractivity contribution in [1.82, 2.24) is 0 Å². The molecule has 15 heavy (non-hydrogen) atoms. The highest BCUT2D eigenvalue weighted by Crippen LogP contribution is 2.39. The van der Waals surface area contributed by atoms with Gasteiger partial charge in [-0.3, -0.25) is 0 Å². The Labute approximate surface area is 91.8 Å². The molecule has 0 radical (unpaired) electrons. The van der Waals surface area contributed by atoms with Gasteiger partial charge in [0.25, 0.3) is 0 Å². The van der Waals surface area contributed by atoms with Crippen LogP contribution in [0, 0.1) is 5.92 Å². The van der Waals surface area contributed by atoms with Crippen LogP contribution in [0.2, 0.25) is 0 Å². The summed E-state index contributed by atoms with van der Waals surface area (Å²) in [5, 5.41) is 0. The van der Waals surface area contributed by atoms with Crippen molar-refractivity contribution in [3.8, 4) is 5.75 Å². The van der Waals surface area contributed by atoms with Crippen LogP contribution in [0.25, 0.3) is 0 Å². The summed E-state index contributed by atoms with van der Waals surface area (Å²) in [7, 11) is 0. The van der Waals surface area contributed by atoms with E-state index in [4.69, 9.17) is 4.74 Å². The molecule has 1 aliphatic rings. The molecule has 0 spiro atoms.